The second-order valence-electron chi connectivity index (χ2n) is 7.12. The molecule has 0 aliphatic carbocycles. The van der Waals surface area contributed by atoms with Gasteiger partial charge in [-0.25, -0.2) is 23.7 Å². The first kappa shape index (κ1) is 19.5. The molecule has 0 radical (unpaired) electrons. The van der Waals surface area contributed by atoms with Crippen LogP contribution in [0.3, 0.4) is 0 Å². The fourth-order valence-electron chi connectivity index (χ4n) is 3.49. The van der Waals surface area contributed by atoms with E-state index >= 15 is 0 Å². The lowest BCUT2D eigenvalue weighted by molar-refractivity contribution is 0.200. The number of hydrogen-bond acceptors (Lipinski definition) is 4. The number of fused-ring (bicyclic) bond motifs is 1. The standard InChI is InChI=1S/C24H17FN6O/c25-21-11-9-19(15-18(21)8-10-20-16-26-23-7-4-13-27-30(20)23)29-24(32)31-22(12-14-28-31)17-5-2-1-3-6-17/h1-7,9,11,13-16,22H,12H2,(H,29,32)/t22-/m0/s1. The van der Waals surface area contributed by atoms with Gasteiger partial charge >= 0.3 is 6.03 Å². The smallest absolute Gasteiger partial charge is 0.306 e. The van der Waals surface area contributed by atoms with Crippen molar-refractivity contribution >= 4 is 23.6 Å². The number of aromatic nitrogens is 3. The fraction of sp³-hybridized carbons (Fsp3) is 0.0833. The molecule has 4 aromatic rings. The zero-order valence-electron chi connectivity index (χ0n) is 16.8. The number of anilines is 1. The van der Waals surface area contributed by atoms with Gasteiger partial charge in [0.05, 0.1) is 17.8 Å². The molecule has 2 amide bonds. The molecule has 2 aromatic heterocycles. The molecule has 3 heterocycles. The van der Waals surface area contributed by atoms with E-state index in [9.17, 15) is 9.18 Å². The summed E-state index contributed by atoms with van der Waals surface area (Å²) >= 11 is 0. The number of halogens is 1. The summed E-state index contributed by atoms with van der Waals surface area (Å²) in [4.78, 5) is 17.1. The quantitative estimate of drug-likeness (QED) is 0.489. The minimum atomic E-state index is -0.487. The van der Waals surface area contributed by atoms with Crippen molar-refractivity contribution in [3.05, 3.63) is 95.7 Å². The zero-order chi connectivity index (χ0) is 21.9. The maximum absolute atomic E-state index is 14.3. The molecule has 5 rings (SSSR count). The highest BCUT2D eigenvalue weighted by Gasteiger charge is 2.28. The number of benzene rings is 2. The van der Waals surface area contributed by atoms with E-state index in [1.54, 1.807) is 35.3 Å². The Morgan fingerprint density at radius 1 is 1.09 bits per heavy atom. The predicted molar refractivity (Wildman–Crippen MR) is 119 cm³/mol. The Bertz CT molecular complexity index is 1390. The second kappa shape index (κ2) is 8.32. The second-order valence-corrected chi connectivity index (χ2v) is 7.12. The van der Waals surface area contributed by atoms with Crippen LogP contribution in [0.4, 0.5) is 14.9 Å². The number of rotatable bonds is 2. The minimum Gasteiger partial charge on any atom is -0.306 e. The summed E-state index contributed by atoms with van der Waals surface area (Å²) in [5, 5.41) is 12.6. The largest absolute Gasteiger partial charge is 0.342 e. The van der Waals surface area contributed by atoms with Gasteiger partial charge in [0, 0.05) is 24.5 Å². The first-order valence-electron chi connectivity index (χ1n) is 9.97. The minimum absolute atomic E-state index is 0.151. The zero-order valence-corrected chi connectivity index (χ0v) is 16.8. The van der Waals surface area contributed by atoms with E-state index in [-0.39, 0.29) is 11.6 Å². The molecular formula is C24H17FN6O. The van der Waals surface area contributed by atoms with Crippen LogP contribution in [0.25, 0.3) is 5.65 Å². The third-order valence-corrected chi connectivity index (χ3v) is 5.04. The summed E-state index contributed by atoms with van der Waals surface area (Å²) < 4.78 is 15.9. The van der Waals surface area contributed by atoms with E-state index in [1.807, 2.05) is 30.3 Å². The number of hydrogen-bond donors (Lipinski definition) is 1. The van der Waals surface area contributed by atoms with Crippen LogP contribution < -0.4 is 5.32 Å². The van der Waals surface area contributed by atoms with Crippen LogP contribution in [-0.2, 0) is 0 Å². The number of nitrogens with one attached hydrogen (secondary N) is 1. The summed E-state index contributed by atoms with van der Waals surface area (Å²) in [5.74, 6) is 5.21. The Morgan fingerprint density at radius 2 is 1.97 bits per heavy atom. The normalized spacial score (nSPS) is 14.9. The molecule has 8 heteroatoms. The van der Waals surface area contributed by atoms with Crippen LogP contribution in [0.15, 0.2) is 78.2 Å². The van der Waals surface area contributed by atoms with Crippen LogP contribution in [0.1, 0.15) is 29.3 Å². The molecule has 0 saturated heterocycles. The summed E-state index contributed by atoms with van der Waals surface area (Å²) in [6.07, 6.45) is 5.54. The summed E-state index contributed by atoms with van der Waals surface area (Å²) in [5.41, 5.74) is 2.75. The van der Waals surface area contributed by atoms with Gasteiger partial charge in [0.15, 0.2) is 5.65 Å². The highest BCUT2D eigenvalue weighted by atomic mass is 19.1. The number of nitrogens with zero attached hydrogens (tertiary/aromatic N) is 5. The van der Waals surface area contributed by atoms with Crippen LogP contribution in [0, 0.1) is 17.7 Å². The molecule has 1 aliphatic heterocycles. The van der Waals surface area contributed by atoms with Crippen molar-refractivity contribution < 1.29 is 9.18 Å². The van der Waals surface area contributed by atoms with Gasteiger partial charge in [-0.2, -0.15) is 10.2 Å². The number of carbonyl (C=O) groups excluding carboxylic acids is 1. The van der Waals surface area contributed by atoms with Crippen molar-refractivity contribution in [1.29, 1.82) is 0 Å². The van der Waals surface area contributed by atoms with Gasteiger partial charge < -0.3 is 5.32 Å². The Morgan fingerprint density at radius 3 is 2.84 bits per heavy atom. The molecule has 0 bridgehead atoms. The Kier molecular flexibility index (Phi) is 5.06. The maximum Gasteiger partial charge on any atom is 0.342 e. The van der Waals surface area contributed by atoms with Crippen molar-refractivity contribution in [2.75, 3.05) is 5.32 Å². The average Bonchev–Trinajstić information content (AvgIpc) is 3.47. The van der Waals surface area contributed by atoms with Crippen LogP contribution in [0.5, 0.6) is 0 Å². The summed E-state index contributed by atoms with van der Waals surface area (Å²) in [6, 6.07) is 16.9. The monoisotopic (exact) mass is 424 g/mol. The predicted octanol–water partition coefficient (Wildman–Crippen LogP) is 4.23. The highest BCUT2D eigenvalue weighted by molar-refractivity contribution is 5.91. The molecule has 0 unspecified atom stereocenters. The highest BCUT2D eigenvalue weighted by Crippen LogP contribution is 2.28. The van der Waals surface area contributed by atoms with E-state index in [2.05, 4.69) is 32.3 Å². The molecular weight excluding hydrogens is 407 g/mol. The molecule has 1 atom stereocenters. The maximum atomic E-state index is 14.3. The van der Waals surface area contributed by atoms with Crippen molar-refractivity contribution in [3.63, 3.8) is 0 Å². The molecule has 0 spiro atoms. The van der Waals surface area contributed by atoms with E-state index in [1.165, 1.54) is 23.2 Å². The molecule has 0 saturated carbocycles. The number of amides is 2. The molecule has 2 aromatic carbocycles. The Hall–Kier alpha value is -4.51. The van der Waals surface area contributed by atoms with E-state index < -0.39 is 11.8 Å². The summed E-state index contributed by atoms with van der Waals surface area (Å²) in [6.45, 7) is 0. The van der Waals surface area contributed by atoms with Crippen LogP contribution >= 0.6 is 0 Å². The lowest BCUT2D eigenvalue weighted by Gasteiger charge is -2.22. The van der Waals surface area contributed by atoms with Gasteiger partial charge in [-0.1, -0.05) is 36.3 Å². The van der Waals surface area contributed by atoms with Crippen molar-refractivity contribution in [3.8, 4) is 11.8 Å². The van der Waals surface area contributed by atoms with E-state index in [4.69, 9.17) is 0 Å². The van der Waals surface area contributed by atoms with Crippen LogP contribution in [0.2, 0.25) is 0 Å². The van der Waals surface area contributed by atoms with Gasteiger partial charge in [-0.3, -0.25) is 0 Å². The van der Waals surface area contributed by atoms with Crippen molar-refractivity contribution in [2.45, 2.75) is 12.5 Å². The van der Waals surface area contributed by atoms with Crippen molar-refractivity contribution in [1.82, 2.24) is 19.6 Å². The topological polar surface area (TPSA) is 74.9 Å². The number of urea groups is 1. The van der Waals surface area contributed by atoms with E-state index in [0.717, 1.165) is 5.56 Å². The molecule has 1 N–H and O–H groups in total. The van der Waals surface area contributed by atoms with E-state index in [0.29, 0.717) is 23.4 Å². The molecule has 0 fully saturated rings. The molecule has 7 nitrogen and oxygen atoms in total. The molecule has 32 heavy (non-hydrogen) atoms. The third kappa shape index (κ3) is 3.79. The SMILES string of the molecule is O=C(Nc1ccc(F)c(C#Cc2cnc3cccnn23)c1)N1N=CC[C@H]1c1ccccc1. The van der Waals surface area contributed by atoms with Gasteiger partial charge in [-0.15, -0.1) is 0 Å². The number of imidazole rings is 1. The number of hydrazone groups is 1. The number of carbonyl (C=O) groups is 1. The Labute approximate surface area is 183 Å². The lowest BCUT2D eigenvalue weighted by Crippen LogP contribution is -2.31. The fourth-order valence-corrected chi connectivity index (χ4v) is 3.49. The lowest BCUT2D eigenvalue weighted by atomic mass is 10.1. The van der Waals surface area contributed by atoms with Gasteiger partial charge in [0.2, 0.25) is 0 Å². The average molecular weight is 424 g/mol. The van der Waals surface area contributed by atoms with Crippen molar-refractivity contribution in [2.24, 2.45) is 5.10 Å². The van der Waals surface area contributed by atoms with Gasteiger partial charge in [0.25, 0.3) is 0 Å². The Balaban J connectivity index is 1.36. The first-order valence-corrected chi connectivity index (χ1v) is 9.97. The molecule has 1 aliphatic rings. The van der Waals surface area contributed by atoms with Gasteiger partial charge in [0.1, 0.15) is 11.5 Å². The first-order chi connectivity index (χ1) is 15.7. The summed E-state index contributed by atoms with van der Waals surface area (Å²) in [7, 11) is 0. The third-order valence-electron chi connectivity index (χ3n) is 5.04. The van der Waals surface area contributed by atoms with Gasteiger partial charge in [-0.05, 0) is 41.8 Å². The van der Waals surface area contributed by atoms with Crippen LogP contribution in [-0.4, -0.2) is 31.9 Å². The molecule has 156 valence electrons.